The van der Waals surface area contributed by atoms with E-state index in [9.17, 15) is 14.7 Å². The Morgan fingerprint density at radius 3 is 2.76 bits per heavy atom. The Morgan fingerprint density at radius 2 is 2.14 bits per heavy atom. The van der Waals surface area contributed by atoms with Crippen LogP contribution in [0.3, 0.4) is 0 Å². The molecule has 1 aromatic carbocycles. The van der Waals surface area contributed by atoms with Crippen molar-refractivity contribution in [3.63, 3.8) is 0 Å². The summed E-state index contributed by atoms with van der Waals surface area (Å²) in [4.78, 5) is 24.3. The highest BCUT2D eigenvalue weighted by atomic mass is 16.3. The molecule has 0 aromatic heterocycles. The largest absolute Gasteiger partial charge is 0.508 e. The maximum absolute atomic E-state index is 11.5. The van der Waals surface area contributed by atoms with Gasteiger partial charge in [0.1, 0.15) is 5.75 Å². The number of carbonyl (C=O) groups excluding carboxylic acids is 2. The molecule has 1 aromatic rings. The highest BCUT2D eigenvalue weighted by Crippen LogP contribution is 2.30. The Balaban J connectivity index is 1.88. The average molecular weight is 291 g/mol. The van der Waals surface area contributed by atoms with Crippen LogP contribution in [0.2, 0.25) is 0 Å². The Bertz CT molecular complexity index is 515. The first-order valence-electron chi connectivity index (χ1n) is 7.12. The molecule has 1 saturated carbocycles. The Hall–Kier alpha value is -2.08. The van der Waals surface area contributed by atoms with Crippen molar-refractivity contribution in [3.05, 3.63) is 29.8 Å². The summed E-state index contributed by atoms with van der Waals surface area (Å²) in [6.07, 6.45) is 2.68. The predicted octanol–water partition coefficient (Wildman–Crippen LogP) is 1.19. The van der Waals surface area contributed by atoms with Gasteiger partial charge in [0.25, 0.3) is 0 Å². The first-order valence-corrected chi connectivity index (χ1v) is 7.12. The standard InChI is InChI=1S/C15H21N3O3/c16-15(21)17-14(20)6-7-18(9-11-4-5-11)10-12-2-1-3-13(19)8-12/h1-3,8,11,19H,4-7,9-10H2,(H3,16,17,20,21). The maximum atomic E-state index is 11.5. The van der Waals surface area contributed by atoms with E-state index >= 15 is 0 Å². The molecular formula is C15H21N3O3. The van der Waals surface area contributed by atoms with Crippen LogP contribution in [0.4, 0.5) is 4.79 Å². The highest BCUT2D eigenvalue weighted by molar-refractivity contribution is 5.93. The van der Waals surface area contributed by atoms with Crippen molar-refractivity contribution < 1.29 is 14.7 Å². The zero-order valence-electron chi connectivity index (χ0n) is 11.9. The van der Waals surface area contributed by atoms with Gasteiger partial charge >= 0.3 is 6.03 Å². The zero-order valence-corrected chi connectivity index (χ0v) is 11.9. The third-order valence-corrected chi connectivity index (χ3v) is 3.45. The summed E-state index contributed by atoms with van der Waals surface area (Å²) in [5, 5.41) is 11.6. The lowest BCUT2D eigenvalue weighted by atomic mass is 10.2. The summed E-state index contributed by atoms with van der Waals surface area (Å²) in [6, 6.07) is 6.29. The summed E-state index contributed by atoms with van der Waals surface area (Å²) < 4.78 is 0. The number of benzene rings is 1. The minimum atomic E-state index is -0.818. The topological polar surface area (TPSA) is 95.7 Å². The number of carbonyl (C=O) groups is 2. The quantitative estimate of drug-likeness (QED) is 0.703. The highest BCUT2D eigenvalue weighted by Gasteiger charge is 2.24. The first-order chi connectivity index (χ1) is 10.0. The second-order valence-electron chi connectivity index (χ2n) is 5.51. The lowest BCUT2D eigenvalue weighted by Crippen LogP contribution is -2.37. The van der Waals surface area contributed by atoms with Gasteiger partial charge in [-0.15, -0.1) is 0 Å². The van der Waals surface area contributed by atoms with Gasteiger partial charge in [-0.25, -0.2) is 4.79 Å². The number of hydrogen-bond donors (Lipinski definition) is 3. The third-order valence-electron chi connectivity index (χ3n) is 3.45. The van der Waals surface area contributed by atoms with E-state index in [4.69, 9.17) is 5.73 Å². The van der Waals surface area contributed by atoms with Crippen LogP contribution in [0, 0.1) is 5.92 Å². The van der Waals surface area contributed by atoms with Gasteiger partial charge in [-0.1, -0.05) is 12.1 Å². The molecule has 6 nitrogen and oxygen atoms in total. The Labute approximate surface area is 123 Å². The summed E-state index contributed by atoms with van der Waals surface area (Å²) in [7, 11) is 0. The number of aromatic hydroxyl groups is 1. The van der Waals surface area contributed by atoms with E-state index < -0.39 is 6.03 Å². The van der Waals surface area contributed by atoms with E-state index in [2.05, 4.69) is 10.2 Å². The number of nitrogens with one attached hydrogen (secondary N) is 1. The molecule has 4 N–H and O–H groups in total. The fraction of sp³-hybridized carbons (Fsp3) is 0.467. The second-order valence-corrected chi connectivity index (χ2v) is 5.51. The fourth-order valence-electron chi connectivity index (χ4n) is 2.27. The number of amides is 3. The van der Waals surface area contributed by atoms with E-state index in [-0.39, 0.29) is 18.1 Å². The van der Waals surface area contributed by atoms with Crippen molar-refractivity contribution in [2.24, 2.45) is 11.7 Å². The first kappa shape index (κ1) is 15.3. The molecule has 1 fully saturated rings. The molecule has 21 heavy (non-hydrogen) atoms. The Kier molecular flexibility index (Phi) is 5.16. The van der Waals surface area contributed by atoms with Gasteiger partial charge in [0.2, 0.25) is 5.91 Å². The molecular weight excluding hydrogens is 270 g/mol. The van der Waals surface area contributed by atoms with Gasteiger partial charge in [0.15, 0.2) is 0 Å². The second kappa shape index (κ2) is 7.08. The summed E-state index contributed by atoms with van der Waals surface area (Å²) >= 11 is 0. The van der Waals surface area contributed by atoms with Crippen LogP contribution in [0.25, 0.3) is 0 Å². The van der Waals surface area contributed by atoms with Gasteiger partial charge in [0.05, 0.1) is 0 Å². The van der Waals surface area contributed by atoms with Crippen molar-refractivity contribution in [2.75, 3.05) is 13.1 Å². The zero-order chi connectivity index (χ0) is 15.2. The average Bonchev–Trinajstić information content (AvgIpc) is 3.19. The number of nitrogens with zero attached hydrogens (tertiary/aromatic N) is 1. The van der Waals surface area contributed by atoms with Crippen LogP contribution in [-0.2, 0) is 11.3 Å². The van der Waals surface area contributed by atoms with E-state index in [1.165, 1.54) is 12.8 Å². The molecule has 0 aliphatic heterocycles. The van der Waals surface area contributed by atoms with Gasteiger partial charge in [0, 0.05) is 26.1 Å². The number of urea groups is 1. The number of phenols is 1. The molecule has 0 radical (unpaired) electrons. The molecule has 3 amide bonds. The molecule has 0 heterocycles. The Morgan fingerprint density at radius 1 is 1.38 bits per heavy atom. The van der Waals surface area contributed by atoms with Gasteiger partial charge in [-0.3, -0.25) is 15.0 Å². The van der Waals surface area contributed by atoms with E-state index in [0.717, 1.165) is 12.1 Å². The molecule has 0 bridgehead atoms. The smallest absolute Gasteiger partial charge is 0.318 e. The molecule has 0 atom stereocenters. The molecule has 0 unspecified atom stereocenters. The number of nitrogens with two attached hydrogens (primary N) is 1. The molecule has 2 rings (SSSR count). The van der Waals surface area contributed by atoms with Gasteiger partial charge in [-0.2, -0.15) is 0 Å². The number of hydrogen-bond acceptors (Lipinski definition) is 4. The van der Waals surface area contributed by atoms with Crippen LogP contribution >= 0.6 is 0 Å². The fourth-order valence-corrected chi connectivity index (χ4v) is 2.27. The van der Waals surface area contributed by atoms with Gasteiger partial charge < -0.3 is 10.8 Å². The summed E-state index contributed by atoms with van der Waals surface area (Å²) in [6.45, 7) is 2.17. The molecule has 0 saturated heterocycles. The lowest BCUT2D eigenvalue weighted by molar-refractivity contribution is -0.120. The number of imide groups is 1. The van der Waals surface area contributed by atoms with Crippen molar-refractivity contribution in [1.29, 1.82) is 0 Å². The minimum Gasteiger partial charge on any atom is -0.508 e. The lowest BCUT2D eigenvalue weighted by Gasteiger charge is -2.22. The van der Waals surface area contributed by atoms with Crippen LogP contribution in [0.15, 0.2) is 24.3 Å². The molecule has 114 valence electrons. The molecule has 6 heteroatoms. The van der Waals surface area contributed by atoms with Crippen LogP contribution in [0.5, 0.6) is 5.75 Å². The van der Waals surface area contributed by atoms with Gasteiger partial charge in [-0.05, 0) is 36.5 Å². The number of phenolic OH excluding ortho intramolecular Hbond substituents is 1. The monoisotopic (exact) mass is 291 g/mol. The van der Waals surface area contributed by atoms with E-state index in [1.54, 1.807) is 18.2 Å². The SMILES string of the molecule is NC(=O)NC(=O)CCN(Cc1cccc(O)c1)CC1CC1. The van der Waals surface area contributed by atoms with Crippen LogP contribution < -0.4 is 11.1 Å². The number of primary amides is 1. The maximum Gasteiger partial charge on any atom is 0.318 e. The van der Waals surface area contributed by atoms with Crippen LogP contribution in [0.1, 0.15) is 24.8 Å². The normalized spacial score (nSPS) is 14.1. The summed E-state index contributed by atoms with van der Waals surface area (Å²) in [5.41, 5.74) is 5.92. The van der Waals surface area contributed by atoms with Crippen LogP contribution in [-0.4, -0.2) is 35.0 Å². The van der Waals surface area contributed by atoms with Crippen molar-refractivity contribution in [3.8, 4) is 5.75 Å². The third kappa shape index (κ3) is 5.83. The van der Waals surface area contributed by atoms with E-state index in [0.29, 0.717) is 19.0 Å². The van der Waals surface area contributed by atoms with E-state index in [1.807, 2.05) is 6.07 Å². The summed E-state index contributed by atoms with van der Waals surface area (Å²) in [5.74, 6) is 0.575. The predicted molar refractivity (Wildman–Crippen MR) is 78.5 cm³/mol. The molecule has 1 aliphatic rings. The van der Waals surface area contributed by atoms with Crippen molar-refractivity contribution in [1.82, 2.24) is 10.2 Å². The van der Waals surface area contributed by atoms with Crippen molar-refractivity contribution in [2.45, 2.75) is 25.8 Å². The molecule has 0 spiro atoms. The minimum absolute atomic E-state index is 0.231. The molecule has 1 aliphatic carbocycles. The number of rotatable bonds is 7. The van der Waals surface area contributed by atoms with Crippen molar-refractivity contribution >= 4 is 11.9 Å².